The van der Waals surface area contributed by atoms with Gasteiger partial charge in [-0.25, -0.2) is 9.37 Å². The van der Waals surface area contributed by atoms with Gasteiger partial charge in [0.2, 0.25) is 0 Å². The van der Waals surface area contributed by atoms with E-state index in [1.54, 1.807) is 6.07 Å². The molecule has 0 bridgehead atoms. The molecule has 4 nitrogen and oxygen atoms in total. The Morgan fingerprint density at radius 1 is 1.36 bits per heavy atom. The zero-order valence-electron chi connectivity index (χ0n) is 15.0. The first-order valence-corrected chi connectivity index (χ1v) is 8.83. The van der Waals surface area contributed by atoms with Crippen LogP contribution in [0.25, 0.3) is 0 Å². The molecular formula is C19H23ClFN3O. The molecule has 2 aromatic rings. The topological polar surface area (TPSA) is 49.0 Å². The summed E-state index contributed by atoms with van der Waals surface area (Å²) in [6, 6.07) is 3.12. The maximum absolute atomic E-state index is 14.2. The minimum absolute atomic E-state index is 0.101. The molecule has 3 rings (SSSR count). The van der Waals surface area contributed by atoms with Crippen molar-refractivity contribution in [2.24, 2.45) is 0 Å². The Morgan fingerprint density at radius 3 is 2.76 bits per heavy atom. The zero-order chi connectivity index (χ0) is 18.4. The van der Waals surface area contributed by atoms with Gasteiger partial charge in [0.15, 0.2) is 0 Å². The number of H-pyrrole nitrogens is 1. The van der Waals surface area contributed by atoms with Crippen LogP contribution in [0.5, 0.6) is 0 Å². The molecule has 0 atom stereocenters. The molecule has 0 saturated heterocycles. The third-order valence-corrected chi connectivity index (χ3v) is 5.15. The van der Waals surface area contributed by atoms with E-state index in [-0.39, 0.29) is 16.8 Å². The van der Waals surface area contributed by atoms with Crippen molar-refractivity contribution >= 4 is 11.6 Å². The molecule has 1 aromatic heterocycles. The molecule has 0 saturated carbocycles. The first-order valence-electron chi connectivity index (χ1n) is 8.45. The molecule has 1 N–H and O–H groups in total. The molecule has 0 radical (unpaired) electrons. The Hall–Kier alpha value is -1.72. The molecule has 1 aromatic carbocycles. The molecule has 0 fully saturated rings. The van der Waals surface area contributed by atoms with Gasteiger partial charge in [-0.2, -0.15) is 0 Å². The van der Waals surface area contributed by atoms with Gasteiger partial charge in [0.1, 0.15) is 11.6 Å². The molecule has 134 valence electrons. The van der Waals surface area contributed by atoms with Gasteiger partial charge in [-0.05, 0) is 18.6 Å². The summed E-state index contributed by atoms with van der Waals surface area (Å²) in [4.78, 5) is 22.1. The number of nitrogens with zero attached hydrogens (tertiary/aromatic N) is 2. The van der Waals surface area contributed by atoms with Crippen molar-refractivity contribution in [1.29, 1.82) is 0 Å². The van der Waals surface area contributed by atoms with Crippen LogP contribution >= 0.6 is 11.6 Å². The van der Waals surface area contributed by atoms with Crippen molar-refractivity contribution in [2.75, 3.05) is 6.54 Å². The smallest absolute Gasteiger partial charge is 0.255 e. The minimum atomic E-state index is -0.309. The summed E-state index contributed by atoms with van der Waals surface area (Å²) >= 11 is 6.27. The van der Waals surface area contributed by atoms with Crippen molar-refractivity contribution < 1.29 is 4.39 Å². The van der Waals surface area contributed by atoms with Crippen LogP contribution in [0.1, 0.15) is 49.0 Å². The number of hydrogen-bond acceptors (Lipinski definition) is 3. The number of aryl methyl sites for hydroxylation is 1. The van der Waals surface area contributed by atoms with Gasteiger partial charge in [-0.1, -0.05) is 38.4 Å². The second-order valence-corrected chi connectivity index (χ2v) is 8.09. The second kappa shape index (κ2) is 6.54. The largest absolute Gasteiger partial charge is 0.310 e. The maximum Gasteiger partial charge on any atom is 0.255 e. The van der Waals surface area contributed by atoms with Gasteiger partial charge in [-0.3, -0.25) is 9.69 Å². The maximum atomic E-state index is 14.2. The van der Waals surface area contributed by atoms with E-state index < -0.39 is 0 Å². The molecule has 1 aliphatic heterocycles. The molecule has 0 unspecified atom stereocenters. The Bertz CT molecular complexity index is 870. The predicted octanol–water partition coefficient (Wildman–Crippen LogP) is 3.73. The van der Waals surface area contributed by atoms with E-state index in [1.165, 1.54) is 6.07 Å². The molecule has 25 heavy (non-hydrogen) atoms. The monoisotopic (exact) mass is 363 g/mol. The summed E-state index contributed by atoms with van der Waals surface area (Å²) in [6.07, 6.45) is 0.674. The van der Waals surface area contributed by atoms with Crippen LogP contribution in [0, 0.1) is 12.7 Å². The molecule has 0 aliphatic carbocycles. The highest BCUT2D eigenvalue weighted by Crippen LogP contribution is 2.27. The number of nitrogens with one attached hydrogen (secondary N) is 1. The third kappa shape index (κ3) is 3.62. The summed E-state index contributed by atoms with van der Waals surface area (Å²) in [6.45, 7) is 9.48. The lowest BCUT2D eigenvalue weighted by molar-refractivity contribution is 0.237. The normalized spacial score (nSPS) is 15.3. The fourth-order valence-electron chi connectivity index (χ4n) is 3.05. The predicted molar refractivity (Wildman–Crippen MR) is 97.5 cm³/mol. The third-order valence-electron chi connectivity index (χ3n) is 4.62. The Kier molecular flexibility index (Phi) is 4.73. The number of benzene rings is 1. The van der Waals surface area contributed by atoms with Crippen LogP contribution in [-0.4, -0.2) is 21.4 Å². The second-order valence-electron chi connectivity index (χ2n) is 7.71. The summed E-state index contributed by atoms with van der Waals surface area (Å²) < 4.78 is 14.2. The molecule has 2 heterocycles. The van der Waals surface area contributed by atoms with Crippen molar-refractivity contribution in [3.05, 3.63) is 61.5 Å². The standard InChI is InChI=1S/C19H23ClFN3O/c1-11-5-6-14(21)12(16(11)20)9-24-8-7-15-13(10-24)17(25)23-18(22-15)19(2,3)4/h5-6H,7-10H2,1-4H3,(H,22,23,25). The van der Waals surface area contributed by atoms with E-state index in [4.69, 9.17) is 11.6 Å². The SMILES string of the molecule is Cc1ccc(F)c(CN2CCc3nc(C(C)(C)C)[nH]c(=O)c3C2)c1Cl. The number of hydrogen-bond donors (Lipinski definition) is 1. The fourth-order valence-corrected chi connectivity index (χ4v) is 3.27. The van der Waals surface area contributed by atoms with Gasteiger partial charge < -0.3 is 4.98 Å². The van der Waals surface area contributed by atoms with E-state index in [2.05, 4.69) is 9.97 Å². The number of aromatic amines is 1. The average Bonchev–Trinajstić information content (AvgIpc) is 2.54. The lowest BCUT2D eigenvalue weighted by Gasteiger charge is -2.29. The van der Waals surface area contributed by atoms with Crippen LogP contribution in [0.2, 0.25) is 5.02 Å². The molecule has 6 heteroatoms. The van der Waals surface area contributed by atoms with Gasteiger partial charge in [-0.15, -0.1) is 0 Å². The Labute approximate surface area is 152 Å². The summed E-state index contributed by atoms with van der Waals surface area (Å²) in [7, 11) is 0. The van der Waals surface area contributed by atoms with Crippen molar-refractivity contribution in [1.82, 2.24) is 14.9 Å². The van der Waals surface area contributed by atoms with E-state index >= 15 is 0 Å². The van der Waals surface area contributed by atoms with Crippen LogP contribution in [0.3, 0.4) is 0 Å². The number of halogens is 2. The zero-order valence-corrected chi connectivity index (χ0v) is 15.8. The summed E-state index contributed by atoms with van der Waals surface area (Å²) in [5.41, 5.74) is 2.55. The van der Waals surface area contributed by atoms with E-state index in [9.17, 15) is 9.18 Å². The van der Waals surface area contributed by atoms with E-state index in [1.807, 2.05) is 32.6 Å². The molecule has 0 amide bonds. The van der Waals surface area contributed by atoms with E-state index in [0.29, 0.717) is 41.5 Å². The number of rotatable bonds is 2. The van der Waals surface area contributed by atoms with Crippen LogP contribution in [-0.2, 0) is 24.9 Å². The van der Waals surface area contributed by atoms with Crippen molar-refractivity contribution in [3.63, 3.8) is 0 Å². The number of fused-ring (bicyclic) bond motifs is 1. The molecular weight excluding hydrogens is 341 g/mol. The molecule has 0 spiro atoms. The summed E-state index contributed by atoms with van der Waals surface area (Å²) in [5, 5.41) is 0.459. The average molecular weight is 364 g/mol. The quantitative estimate of drug-likeness (QED) is 0.884. The highest BCUT2D eigenvalue weighted by molar-refractivity contribution is 6.32. The first kappa shape index (κ1) is 18.1. The lowest BCUT2D eigenvalue weighted by Crippen LogP contribution is -2.37. The fraction of sp³-hybridized carbons (Fsp3) is 0.474. The van der Waals surface area contributed by atoms with E-state index in [0.717, 1.165) is 17.8 Å². The van der Waals surface area contributed by atoms with Gasteiger partial charge in [0.25, 0.3) is 5.56 Å². The van der Waals surface area contributed by atoms with Crippen LogP contribution < -0.4 is 5.56 Å². The van der Waals surface area contributed by atoms with Gasteiger partial charge >= 0.3 is 0 Å². The van der Waals surface area contributed by atoms with Gasteiger partial charge in [0.05, 0.1) is 16.3 Å². The highest BCUT2D eigenvalue weighted by atomic mass is 35.5. The Balaban J connectivity index is 1.88. The Morgan fingerprint density at radius 2 is 2.08 bits per heavy atom. The highest BCUT2D eigenvalue weighted by Gasteiger charge is 2.25. The minimum Gasteiger partial charge on any atom is -0.310 e. The van der Waals surface area contributed by atoms with Crippen molar-refractivity contribution in [3.8, 4) is 0 Å². The first-order chi connectivity index (χ1) is 11.7. The summed E-state index contributed by atoms with van der Waals surface area (Å²) in [5.74, 6) is 0.397. The lowest BCUT2D eigenvalue weighted by atomic mass is 9.95. The number of aromatic nitrogens is 2. The van der Waals surface area contributed by atoms with Crippen LogP contribution in [0.15, 0.2) is 16.9 Å². The van der Waals surface area contributed by atoms with Crippen molar-refractivity contribution in [2.45, 2.75) is 52.6 Å². The molecule has 1 aliphatic rings. The van der Waals surface area contributed by atoms with Gasteiger partial charge in [0, 0.05) is 37.0 Å². The van der Waals surface area contributed by atoms with Crippen LogP contribution in [0.4, 0.5) is 4.39 Å².